The van der Waals surface area contributed by atoms with Crippen molar-refractivity contribution in [3.8, 4) is 0 Å². The molecule has 9 unspecified atom stereocenters. The molecule has 9 atom stereocenters. The molecule has 4 aliphatic rings. The Morgan fingerprint density at radius 3 is 2.43 bits per heavy atom. The monoisotopic (exact) mass is 412 g/mol. The number of allylic oxidation sites excluding steroid dienone is 4. The van der Waals surface area contributed by atoms with Crippen molar-refractivity contribution >= 4 is 0 Å². The first kappa shape index (κ1) is 22.6. The van der Waals surface area contributed by atoms with Gasteiger partial charge in [-0.2, -0.15) is 0 Å². The molecule has 4 aliphatic carbocycles. The zero-order valence-corrected chi connectivity index (χ0v) is 20.9. The highest BCUT2D eigenvalue weighted by molar-refractivity contribution is 5.28. The van der Waals surface area contributed by atoms with Crippen LogP contribution in [-0.4, -0.2) is 11.2 Å². The van der Waals surface area contributed by atoms with Crippen LogP contribution in [0.4, 0.5) is 0 Å². The highest BCUT2D eigenvalue weighted by atomic mass is 16.3. The minimum Gasteiger partial charge on any atom is -0.393 e. The van der Waals surface area contributed by atoms with E-state index >= 15 is 0 Å². The van der Waals surface area contributed by atoms with Crippen LogP contribution in [0.3, 0.4) is 0 Å². The lowest BCUT2D eigenvalue weighted by molar-refractivity contribution is -0.0772. The van der Waals surface area contributed by atoms with Gasteiger partial charge < -0.3 is 5.11 Å². The average Bonchev–Trinajstić information content (AvgIpc) is 3.06. The third-order valence-electron chi connectivity index (χ3n) is 11.1. The molecule has 0 aromatic carbocycles. The molecule has 3 saturated carbocycles. The molecule has 170 valence electrons. The van der Waals surface area contributed by atoms with Gasteiger partial charge in [0.1, 0.15) is 0 Å². The maximum Gasteiger partial charge on any atom is 0.0568 e. The second-order valence-electron chi connectivity index (χ2n) is 12.7. The Labute approximate surface area is 186 Å². The first-order chi connectivity index (χ1) is 14.1. The molecule has 0 heterocycles. The van der Waals surface area contributed by atoms with Crippen LogP contribution in [0.2, 0.25) is 0 Å². The highest BCUT2D eigenvalue weighted by Crippen LogP contribution is 2.67. The van der Waals surface area contributed by atoms with Gasteiger partial charge in [0.25, 0.3) is 0 Å². The number of hydrogen-bond donors (Lipinski definition) is 1. The van der Waals surface area contributed by atoms with E-state index < -0.39 is 0 Å². The fraction of sp³-hybridized carbons (Fsp3) is 0.862. The van der Waals surface area contributed by atoms with Crippen LogP contribution in [0.5, 0.6) is 0 Å². The lowest BCUT2D eigenvalue weighted by atomic mass is 9.46. The van der Waals surface area contributed by atoms with E-state index in [9.17, 15) is 5.11 Å². The topological polar surface area (TPSA) is 20.2 Å². The molecule has 1 heteroatoms. The second kappa shape index (κ2) is 8.09. The Hall–Kier alpha value is -0.560. The summed E-state index contributed by atoms with van der Waals surface area (Å²) in [5.41, 5.74) is 4.34. The maximum atomic E-state index is 10.5. The zero-order valence-electron chi connectivity index (χ0n) is 20.9. The Balaban J connectivity index is 1.55. The van der Waals surface area contributed by atoms with Crippen LogP contribution in [0.15, 0.2) is 23.3 Å². The van der Waals surface area contributed by atoms with E-state index in [4.69, 9.17) is 0 Å². The number of fused-ring (bicyclic) bond motifs is 5. The predicted molar refractivity (Wildman–Crippen MR) is 128 cm³/mol. The molecule has 1 N–H and O–H groups in total. The zero-order chi connectivity index (χ0) is 21.8. The van der Waals surface area contributed by atoms with Gasteiger partial charge in [0, 0.05) is 0 Å². The van der Waals surface area contributed by atoms with E-state index in [1.165, 1.54) is 44.9 Å². The van der Waals surface area contributed by atoms with E-state index in [-0.39, 0.29) is 6.10 Å². The van der Waals surface area contributed by atoms with Crippen LogP contribution in [0.25, 0.3) is 0 Å². The minimum atomic E-state index is -0.0778. The number of hydrogen-bond acceptors (Lipinski definition) is 1. The van der Waals surface area contributed by atoms with Gasteiger partial charge in [-0.15, -0.1) is 0 Å². The summed E-state index contributed by atoms with van der Waals surface area (Å²) in [7, 11) is 0. The maximum absolute atomic E-state index is 10.5. The Morgan fingerprint density at radius 1 is 1.07 bits per heavy atom. The van der Waals surface area contributed by atoms with Crippen molar-refractivity contribution in [2.24, 2.45) is 52.3 Å². The molecule has 1 nitrogen and oxygen atoms in total. The number of rotatable bonds is 4. The van der Waals surface area contributed by atoms with Gasteiger partial charge in [-0.05, 0) is 111 Å². The summed E-state index contributed by atoms with van der Waals surface area (Å²) in [6.45, 7) is 17.1. The molecular weight excluding hydrogens is 364 g/mol. The van der Waals surface area contributed by atoms with E-state index in [1.807, 2.05) is 5.57 Å². The van der Waals surface area contributed by atoms with Crippen LogP contribution in [-0.2, 0) is 0 Å². The van der Waals surface area contributed by atoms with Crippen molar-refractivity contribution in [2.75, 3.05) is 0 Å². The molecular formula is C29H48O. The van der Waals surface area contributed by atoms with E-state index in [0.29, 0.717) is 28.6 Å². The quantitative estimate of drug-likeness (QED) is 0.467. The van der Waals surface area contributed by atoms with Gasteiger partial charge in [-0.1, -0.05) is 64.8 Å². The first-order valence-corrected chi connectivity index (χ1v) is 13.1. The van der Waals surface area contributed by atoms with Gasteiger partial charge in [0.2, 0.25) is 0 Å². The lowest BCUT2D eigenvalue weighted by Crippen LogP contribution is -2.52. The summed E-state index contributed by atoms with van der Waals surface area (Å²) < 4.78 is 0. The van der Waals surface area contributed by atoms with Crippen LogP contribution in [0.1, 0.15) is 99.8 Å². The normalized spacial score (nSPS) is 47.4. The molecule has 0 spiro atoms. The molecule has 0 saturated heterocycles. The Kier molecular flexibility index (Phi) is 6.10. The average molecular weight is 413 g/mol. The molecule has 0 aromatic rings. The SMILES string of the molecule is C/C(=C\CC(C)C1CCC2C3=CCC4C(C)C(O)CCC4(C)C3CCC21C)C(C)C. The molecule has 0 amide bonds. The summed E-state index contributed by atoms with van der Waals surface area (Å²) in [5, 5.41) is 10.5. The number of aliphatic hydroxyl groups excluding tert-OH is 1. The lowest BCUT2D eigenvalue weighted by Gasteiger charge is -2.59. The van der Waals surface area contributed by atoms with E-state index in [0.717, 1.165) is 30.1 Å². The summed E-state index contributed by atoms with van der Waals surface area (Å²) in [4.78, 5) is 0. The second-order valence-corrected chi connectivity index (χ2v) is 12.7. The minimum absolute atomic E-state index is 0.0778. The third kappa shape index (κ3) is 3.46. The van der Waals surface area contributed by atoms with Crippen molar-refractivity contribution in [3.05, 3.63) is 23.3 Å². The largest absolute Gasteiger partial charge is 0.393 e. The summed E-state index contributed by atoms with van der Waals surface area (Å²) in [5.74, 6) is 5.08. The van der Waals surface area contributed by atoms with Gasteiger partial charge >= 0.3 is 0 Å². The predicted octanol–water partition coefficient (Wildman–Crippen LogP) is 7.80. The standard InChI is InChI=1S/C29H48O/c1-18(2)19(3)8-9-20(4)23-12-13-25-22-10-11-24-21(5)27(30)15-17-29(24,7)26(22)14-16-28(23,25)6/h8,10,18,20-21,23-27,30H,9,11-17H2,1-7H3/b19-8+. The van der Waals surface area contributed by atoms with Crippen LogP contribution < -0.4 is 0 Å². The van der Waals surface area contributed by atoms with Crippen molar-refractivity contribution in [3.63, 3.8) is 0 Å². The van der Waals surface area contributed by atoms with Crippen molar-refractivity contribution < 1.29 is 5.11 Å². The highest BCUT2D eigenvalue weighted by Gasteiger charge is 2.59. The molecule has 0 radical (unpaired) electrons. The summed E-state index contributed by atoms with van der Waals surface area (Å²) in [6, 6.07) is 0. The van der Waals surface area contributed by atoms with Crippen LogP contribution in [0, 0.1) is 52.3 Å². The van der Waals surface area contributed by atoms with E-state index in [2.05, 4.69) is 60.6 Å². The summed E-state index contributed by atoms with van der Waals surface area (Å²) >= 11 is 0. The summed E-state index contributed by atoms with van der Waals surface area (Å²) in [6.07, 6.45) is 15.5. The number of aliphatic hydroxyl groups is 1. The third-order valence-corrected chi connectivity index (χ3v) is 11.1. The smallest absolute Gasteiger partial charge is 0.0568 e. The van der Waals surface area contributed by atoms with Gasteiger partial charge in [-0.25, -0.2) is 0 Å². The van der Waals surface area contributed by atoms with Crippen molar-refractivity contribution in [2.45, 2.75) is 106 Å². The van der Waals surface area contributed by atoms with E-state index in [1.54, 1.807) is 5.57 Å². The fourth-order valence-electron chi connectivity index (χ4n) is 8.69. The molecule has 30 heavy (non-hydrogen) atoms. The van der Waals surface area contributed by atoms with Crippen LogP contribution >= 0.6 is 0 Å². The fourth-order valence-corrected chi connectivity index (χ4v) is 8.69. The van der Waals surface area contributed by atoms with Crippen molar-refractivity contribution in [1.82, 2.24) is 0 Å². The molecule has 3 fully saturated rings. The Bertz CT molecular complexity index is 701. The molecule has 0 aromatic heterocycles. The molecule has 0 bridgehead atoms. The van der Waals surface area contributed by atoms with Gasteiger partial charge in [0.05, 0.1) is 6.10 Å². The molecule has 4 rings (SSSR count). The van der Waals surface area contributed by atoms with Gasteiger partial charge in [0.15, 0.2) is 0 Å². The molecule has 0 aliphatic heterocycles. The first-order valence-electron chi connectivity index (χ1n) is 13.1. The Morgan fingerprint density at radius 2 is 1.73 bits per heavy atom. The van der Waals surface area contributed by atoms with Gasteiger partial charge in [-0.3, -0.25) is 0 Å². The van der Waals surface area contributed by atoms with Crippen molar-refractivity contribution in [1.29, 1.82) is 0 Å².